The smallest absolute Gasteiger partial charge is 0.255 e. The number of amides is 1. The van der Waals surface area contributed by atoms with E-state index in [0.717, 1.165) is 20.0 Å². The summed E-state index contributed by atoms with van der Waals surface area (Å²) in [7, 11) is 0. The number of nitrogens with one attached hydrogen (secondary N) is 1. The molecule has 1 amide bonds. The van der Waals surface area contributed by atoms with Gasteiger partial charge in [0.25, 0.3) is 5.91 Å². The number of halogens is 1. The van der Waals surface area contributed by atoms with Crippen molar-refractivity contribution < 1.29 is 4.79 Å². The van der Waals surface area contributed by atoms with Crippen LogP contribution in [0.3, 0.4) is 0 Å². The van der Waals surface area contributed by atoms with Gasteiger partial charge in [0.05, 0.1) is 0 Å². The molecule has 0 bridgehead atoms. The van der Waals surface area contributed by atoms with Gasteiger partial charge in [0.2, 0.25) is 0 Å². The third-order valence-electron chi connectivity index (χ3n) is 3.09. The lowest BCUT2D eigenvalue weighted by Crippen LogP contribution is -2.11. The highest BCUT2D eigenvalue weighted by molar-refractivity contribution is 14.1. The largest absolute Gasteiger partial charge is 0.322 e. The van der Waals surface area contributed by atoms with E-state index in [1.807, 2.05) is 66.7 Å². The van der Waals surface area contributed by atoms with Crippen LogP contribution in [-0.2, 0) is 0 Å². The third-order valence-corrected chi connectivity index (χ3v) is 3.77. The molecule has 2 nitrogen and oxygen atoms in total. The summed E-state index contributed by atoms with van der Waals surface area (Å²) >= 11 is 2.23. The Kier molecular flexibility index (Phi) is 3.69. The van der Waals surface area contributed by atoms with E-state index in [1.54, 1.807) is 0 Å². The van der Waals surface area contributed by atoms with Crippen LogP contribution >= 0.6 is 22.6 Å². The third kappa shape index (κ3) is 2.82. The maximum atomic E-state index is 12.3. The molecule has 0 aliphatic carbocycles. The molecular formula is C17H12INO. The Labute approximate surface area is 131 Å². The topological polar surface area (TPSA) is 29.1 Å². The van der Waals surface area contributed by atoms with E-state index in [1.165, 1.54) is 0 Å². The molecule has 3 heteroatoms. The van der Waals surface area contributed by atoms with Gasteiger partial charge >= 0.3 is 0 Å². The fourth-order valence-electron chi connectivity index (χ4n) is 2.10. The van der Waals surface area contributed by atoms with Crippen LogP contribution in [0.15, 0.2) is 66.7 Å². The van der Waals surface area contributed by atoms with Gasteiger partial charge in [-0.2, -0.15) is 0 Å². The molecule has 3 rings (SSSR count). The normalized spacial score (nSPS) is 10.4. The van der Waals surface area contributed by atoms with E-state index in [4.69, 9.17) is 0 Å². The number of carbonyl (C=O) groups excluding carboxylic acids is 1. The van der Waals surface area contributed by atoms with E-state index in [-0.39, 0.29) is 5.91 Å². The van der Waals surface area contributed by atoms with Crippen molar-refractivity contribution in [3.63, 3.8) is 0 Å². The van der Waals surface area contributed by atoms with Crippen molar-refractivity contribution in [2.24, 2.45) is 0 Å². The molecule has 0 spiro atoms. The van der Waals surface area contributed by atoms with Crippen molar-refractivity contribution >= 4 is 45.0 Å². The number of carbonyl (C=O) groups is 1. The molecule has 0 atom stereocenters. The summed E-state index contributed by atoms with van der Waals surface area (Å²) in [5, 5.41) is 5.13. The highest BCUT2D eigenvalue weighted by Gasteiger charge is 2.06. The molecule has 0 saturated carbocycles. The van der Waals surface area contributed by atoms with Gasteiger partial charge in [-0.25, -0.2) is 0 Å². The molecule has 0 radical (unpaired) electrons. The molecule has 3 aromatic carbocycles. The maximum absolute atomic E-state index is 12.3. The number of hydrogen-bond acceptors (Lipinski definition) is 1. The minimum atomic E-state index is -0.0854. The fourth-order valence-corrected chi connectivity index (χ4v) is 2.64. The fraction of sp³-hybridized carbons (Fsp3) is 0. The molecular weight excluding hydrogens is 361 g/mol. The second kappa shape index (κ2) is 5.63. The molecule has 98 valence electrons. The van der Waals surface area contributed by atoms with Gasteiger partial charge in [-0.15, -0.1) is 0 Å². The van der Waals surface area contributed by atoms with Crippen LogP contribution in [-0.4, -0.2) is 5.91 Å². The lowest BCUT2D eigenvalue weighted by molar-refractivity contribution is 0.102. The Morgan fingerprint density at radius 2 is 1.65 bits per heavy atom. The molecule has 20 heavy (non-hydrogen) atoms. The molecule has 0 aliphatic heterocycles. The zero-order chi connectivity index (χ0) is 13.9. The lowest BCUT2D eigenvalue weighted by Gasteiger charge is -2.06. The summed E-state index contributed by atoms with van der Waals surface area (Å²) in [6.07, 6.45) is 0. The van der Waals surface area contributed by atoms with E-state index in [2.05, 4.69) is 27.9 Å². The Hall–Kier alpha value is -1.88. The van der Waals surface area contributed by atoms with Crippen LogP contribution in [0.5, 0.6) is 0 Å². The SMILES string of the molecule is O=C(Nc1cccc(I)c1)c1ccc2ccccc2c1. The van der Waals surface area contributed by atoms with Gasteiger partial charge < -0.3 is 5.32 Å². The Morgan fingerprint density at radius 1 is 0.850 bits per heavy atom. The summed E-state index contributed by atoms with van der Waals surface area (Å²) in [6, 6.07) is 21.5. The Bertz CT molecular complexity index is 783. The first kappa shape index (κ1) is 13.1. The lowest BCUT2D eigenvalue weighted by atomic mass is 10.1. The van der Waals surface area contributed by atoms with Crippen LogP contribution in [0.2, 0.25) is 0 Å². The van der Waals surface area contributed by atoms with Crippen molar-refractivity contribution in [1.29, 1.82) is 0 Å². The van der Waals surface area contributed by atoms with E-state index < -0.39 is 0 Å². The first-order valence-electron chi connectivity index (χ1n) is 6.28. The van der Waals surface area contributed by atoms with Gasteiger partial charge in [-0.1, -0.05) is 36.4 Å². The average Bonchev–Trinajstić information content (AvgIpc) is 2.47. The molecule has 0 unspecified atom stereocenters. The van der Waals surface area contributed by atoms with Crippen molar-refractivity contribution in [2.45, 2.75) is 0 Å². The van der Waals surface area contributed by atoms with Crippen LogP contribution in [0.4, 0.5) is 5.69 Å². The molecule has 1 N–H and O–H groups in total. The maximum Gasteiger partial charge on any atom is 0.255 e. The van der Waals surface area contributed by atoms with Crippen LogP contribution in [0.1, 0.15) is 10.4 Å². The van der Waals surface area contributed by atoms with Gasteiger partial charge in [-0.05, 0) is 63.7 Å². The predicted octanol–water partition coefficient (Wildman–Crippen LogP) is 4.70. The van der Waals surface area contributed by atoms with Crippen molar-refractivity contribution in [3.05, 3.63) is 75.9 Å². The number of hydrogen-bond donors (Lipinski definition) is 1. The molecule has 0 aromatic heterocycles. The monoisotopic (exact) mass is 373 g/mol. The predicted molar refractivity (Wildman–Crippen MR) is 91.1 cm³/mol. The molecule has 0 aliphatic rings. The second-order valence-corrected chi connectivity index (χ2v) is 5.77. The summed E-state index contributed by atoms with van der Waals surface area (Å²) in [5.41, 5.74) is 1.48. The first-order valence-corrected chi connectivity index (χ1v) is 7.36. The van der Waals surface area contributed by atoms with Crippen molar-refractivity contribution in [2.75, 3.05) is 5.32 Å². The Morgan fingerprint density at radius 3 is 2.45 bits per heavy atom. The standard InChI is InChI=1S/C17H12INO/c18-15-6-3-7-16(11-15)19-17(20)14-9-8-12-4-1-2-5-13(12)10-14/h1-11H,(H,19,20). The van der Waals surface area contributed by atoms with Gasteiger partial charge in [0.15, 0.2) is 0 Å². The molecule has 0 heterocycles. The summed E-state index contributed by atoms with van der Waals surface area (Å²) in [6.45, 7) is 0. The summed E-state index contributed by atoms with van der Waals surface area (Å²) < 4.78 is 1.10. The van der Waals surface area contributed by atoms with E-state index in [9.17, 15) is 4.79 Å². The molecule has 0 saturated heterocycles. The quantitative estimate of drug-likeness (QED) is 0.649. The van der Waals surface area contributed by atoms with E-state index in [0.29, 0.717) is 5.56 Å². The number of rotatable bonds is 2. The van der Waals surface area contributed by atoms with Crippen molar-refractivity contribution in [1.82, 2.24) is 0 Å². The van der Waals surface area contributed by atoms with Gasteiger partial charge in [0, 0.05) is 14.8 Å². The highest BCUT2D eigenvalue weighted by atomic mass is 127. The van der Waals surface area contributed by atoms with Crippen LogP contribution < -0.4 is 5.32 Å². The molecule has 0 fully saturated rings. The van der Waals surface area contributed by atoms with Crippen LogP contribution in [0, 0.1) is 3.57 Å². The highest BCUT2D eigenvalue weighted by Crippen LogP contribution is 2.18. The number of fused-ring (bicyclic) bond motifs is 1. The number of anilines is 1. The second-order valence-electron chi connectivity index (χ2n) is 4.53. The van der Waals surface area contributed by atoms with Gasteiger partial charge in [0.1, 0.15) is 0 Å². The minimum Gasteiger partial charge on any atom is -0.322 e. The first-order chi connectivity index (χ1) is 9.72. The van der Waals surface area contributed by atoms with E-state index >= 15 is 0 Å². The average molecular weight is 373 g/mol. The summed E-state index contributed by atoms with van der Waals surface area (Å²) in [5.74, 6) is -0.0854. The molecule has 3 aromatic rings. The zero-order valence-electron chi connectivity index (χ0n) is 10.6. The van der Waals surface area contributed by atoms with Crippen LogP contribution in [0.25, 0.3) is 10.8 Å². The van der Waals surface area contributed by atoms with Gasteiger partial charge in [-0.3, -0.25) is 4.79 Å². The zero-order valence-corrected chi connectivity index (χ0v) is 12.8. The Balaban J connectivity index is 1.88. The summed E-state index contributed by atoms with van der Waals surface area (Å²) in [4.78, 5) is 12.3. The van der Waals surface area contributed by atoms with Crippen molar-refractivity contribution in [3.8, 4) is 0 Å². The number of benzene rings is 3. The minimum absolute atomic E-state index is 0.0854.